The van der Waals surface area contributed by atoms with Gasteiger partial charge in [0.25, 0.3) is 0 Å². The predicted octanol–water partition coefficient (Wildman–Crippen LogP) is 2.05. The molecule has 1 aromatic heterocycles. The van der Waals surface area contributed by atoms with Gasteiger partial charge in [0.05, 0.1) is 0 Å². The molecule has 1 heterocycles. The highest BCUT2D eigenvalue weighted by Gasteiger charge is 2.07. The van der Waals surface area contributed by atoms with E-state index in [1.807, 2.05) is 0 Å². The quantitative estimate of drug-likeness (QED) is 0.683. The number of aromatic nitrogens is 1. The van der Waals surface area contributed by atoms with Gasteiger partial charge in [0.2, 0.25) is 0 Å². The Morgan fingerprint density at radius 3 is 2.91 bits per heavy atom. The summed E-state index contributed by atoms with van der Waals surface area (Å²) in [5, 5.41) is 0.414. The summed E-state index contributed by atoms with van der Waals surface area (Å²) in [6.45, 7) is 0. The van der Waals surface area contributed by atoms with Gasteiger partial charge in [-0.05, 0) is 12.1 Å². The van der Waals surface area contributed by atoms with Crippen molar-refractivity contribution in [3.05, 3.63) is 29.0 Å². The Hall–Kier alpha value is -0.800. The minimum atomic E-state index is -0.714. The fourth-order valence-corrected chi connectivity index (χ4v) is 0.795. The summed E-state index contributed by atoms with van der Waals surface area (Å²) >= 11 is 10.4. The largest absolute Gasteiger partial charge is 0.375 e. The van der Waals surface area contributed by atoms with Crippen LogP contribution in [0.4, 0.5) is 0 Å². The van der Waals surface area contributed by atoms with Crippen LogP contribution in [0.1, 0.15) is 10.5 Å². The average Bonchev–Trinajstić information content (AvgIpc) is 2.03. The molecule has 1 aromatic rings. The molecule has 5 heteroatoms. The van der Waals surface area contributed by atoms with E-state index in [1.54, 1.807) is 6.07 Å². The molecule has 0 fully saturated rings. The Kier molecular flexibility index (Phi) is 2.68. The first-order valence-electron chi connectivity index (χ1n) is 2.68. The predicted molar refractivity (Wildman–Crippen MR) is 40.5 cm³/mol. The number of halogens is 2. The van der Waals surface area contributed by atoms with E-state index in [9.17, 15) is 4.79 Å². The maximum atomic E-state index is 10.7. The molecule has 0 aliphatic heterocycles. The van der Waals surface area contributed by atoms with Crippen LogP contribution in [0.2, 0.25) is 5.02 Å². The van der Waals surface area contributed by atoms with Crippen molar-refractivity contribution in [2.45, 2.75) is 0 Å². The van der Waals surface area contributed by atoms with Crippen LogP contribution in [0.5, 0.6) is 0 Å². The van der Waals surface area contributed by atoms with Gasteiger partial charge in [-0.2, -0.15) is 0 Å². The highest BCUT2D eigenvalue weighted by atomic mass is 35.5. The van der Waals surface area contributed by atoms with Crippen molar-refractivity contribution in [2.24, 2.45) is 0 Å². The second-order valence-electron chi connectivity index (χ2n) is 1.72. The van der Waals surface area contributed by atoms with Crippen molar-refractivity contribution < 1.29 is 9.08 Å². The van der Waals surface area contributed by atoms with Gasteiger partial charge >= 0.3 is 5.97 Å². The van der Waals surface area contributed by atoms with Crippen LogP contribution in [0.25, 0.3) is 0 Å². The monoisotopic (exact) mass is 191 g/mol. The first kappa shape index (κ1) is 8.30. The van der Waals surface area contributed by atoms with Crippen LogP contribution in [-0.2, 0) is 4.29 Å². The molecule has 0 saturated carbocycles. The fourth-order valence-electron chi connectivity index (χ4n) is 0.556. The zero-order valence-electron chi connectivity index (χ0n) is 5.25. The summed E-state index contributed by atoms with van der Waals surface area (Å²) in [7, 11) is 0. The van der Waals surface area contributed by atoms with Crippen molar-refractivity contribution in [3.63, 3.8) is 0 Å². The molecule has 0 aliphatic carbocycles. The molecule has 0 aromatic carbocycles. The van der Waals surface area contributed by atoms with E-state index in [4.69, 9.17) is 23.5 Å². The van der Waals surface area contributed by atoms with Gasteiger partial charge in [-0.1, -0.05) is 11.6 Å². The molecular weight excluding hydrogens is 189 g/mol. The lowest BCUT2D eigenvalue weighted by Crippen LogP contribution is -2.00. The Balaban J connectivity index is 2.96. The summed E-state index contributed by atoms with van der Waals surface area (Å²) in [4.78, 5) is 14.4. The SMILES string of the molecule is O=C(OCl)c1cc(Cl)ccn1. The molecule has 0 radical (unpaired) electrons. The van der Waals surface area contributed by atoms with E-state index in [0.717, 1.165) is 0 Å². The lowest BCUT2D eigenvalue weighted by Gasteiger charge is -1.94. The third-order valence-corrected chi connectivity index (χ3v) is 1.38. The Bertz CT molecular complexity index is 277. The van der Waals surface area contributed by atoms with Crippen LogP contribution in [-0.4, -0.2) is 11.0 Å². The van der Waals surface area contributed by atoms with E-state index >= 15 is 0 Å². The Morgan fingerprint density at radius 1 is 1.64 bits per heavy atom. The third-order valence-electron chi connectivity index (χ3n) is 1.00. The maximum Gasteiger partial charge on any atom is 0.375 e. The minimum absolute atomic E-state index is 0.0903. The van der Waals surface area contributed by atoms with Crippen LogP contribution in [0.3, 0.4) is 0 Å². The number of carbonyl (C=O) groups is 1. The Morgan fingerprint density at radius 2 is 2.36 bits per heavy atom. The molecule has 58 valence electrons. The first-order chi connectivity index (χ1) is 5.24. The summed E-state index contributed by atoms with van der Waals surface area (Å²) in [6, 6.07) is 2.92. The van der Waals surface area contributed by atoms with Crippen LogP contribution >= 0.6 is 23.5 Å². The van der Waals surface area contributed by atoms with Crippen molar-refractivity contribution in [1.29, 1.82) is 0 Å². The lowest BCUT2D eigenvalue weighted by atomic mass is 10.4. The number of rotatable bonds is 1. The van der Waals surface area contributed by atoms with Crippen molar-refractivity contribution >= 4 is 29.4 Å². The van der Waals surface area contributed by atoms with E-state index < -0.39 is 5.97 Å². The molecule has 3 nitrogen and oxygen atoms in total. The molecule has 0 N–H and O–H groups in total. The molecule has 0 unspecified atom stereocenters. The molecule has 0 atom stereocenters. The summed E-state index contributed by atoms with van der Waals surface area (Å²) in [6.07, 6.45) is 1.39. The van der Waals surface area contributed by atoms with E-state index in [1.165, 1.54) is 12.3 Å². The summed E-state index contributed by atoms with van der Waals surface area (Å²) in [5.74, 6) is -0.714. The fraction of sp³-hybridized carbons (Fsp3) is 0. The van der Waals surface area contributed by atoms with Crippen molar-refractivity contribution in [2.75, 3.05) is 0 Å². The molecule has 0 amide bonds. The van der Waals surface area contributed by atoms with Gasteiger partial charge in [-0.3, -0.25) is 0 Å². The van der Waals surface area contributed by atoms with Crippen LogP contribution in [0.15, 0.2) is 18.3 Å². The first-order valence-corrected chi connectivity index (χ1v) is 3.37. The lowest BCUT2D eigenvalue weighted by molar-refractivity contribution is 0.0745. The Labute approximate surface area is 73.1 Å². The number of nitrogens with zero attached hydrogens (tertiary/aromatic N) is 1. The van der Waals surface area contributed by atoms with Crippen molar-refractivity contribution in [3.8, 4) is 0 Å². The van der Waals surface area contributed by atoms with E-state index in [2.05, 4.69) is 9.27 Å². The normalized spacial score (nSPS) is 9.27. The molecule has 0 spiro atoms. The van der Waals surface area contributed by atoms with Crippen LogP contribution in [0, 0.1) is 0 Å². The zero-order valence-corrected chi connectivity index (χ0v) is 6.76. The van der Waals surface area contributed by atoms with Gasteiger partial charge < -0.3 is 4.29 Å². The number of hydrogen-bond acceptors (Lipinski definition) is 3. The molecule has 1 rings (SSSR count). The second kappa shape index (κ2) is 3.55. The number of hydrogen-bond donors (Lipinski definition) is 0. The second-order valence-corrected chi connectivity index (χ2v) is 2.31. The summed E-state index contributed by atoms with van der Waals surface area (Å²) in [5.41, 5.74) is 0.0903. The third kappa shape index (κ3) is 2.06. The van der Waals surface area contributed by atoms with Gasteiger partial charge in [-0.15, -0.1) is 0 Å². The molecule has 11 heavy (non-hydrogen) atoms. The molecule has 0 aliphatic rings. The van der Waals surface area contributed by atoms with Gasteiger partial charge in [-0.25, -0.2) is 9.78 Å². The van der Waals surface area contributed by atoms with Crippen LogP contribution < -0.4 is 0 Å². The topological polar surface area (TPSA) is 39.2 Å². The van der Waals surface area contributed by atoms with E-state index in [0.29, 0.717) is 5.02 Å². The molecule has 0 saturated heterocycles. The smallest absolute Gasteiger partial charge is 0.342 e. The van der Waals surface area contributed by atoms with Gasteiger partial charge in [0, 0.05) is 11.2 Å². The molecule has 0 bridgehead atoms. The standard InChI is InChI=1S/C6H3Cl2NO2/c7-4-1-2-9-5(3-4)6(10)11-8/h1-3H. The van der Waals surface area contributed by atoms with E-state index in [-0.39, 0.29) is 5.69 Å². The highest BCUT2D eigenvalue weighted by Crippen LogP contribution is 2.08. The van der Waals surface area contributed by atoms with Gasteiger partial charge in [0.1, 0.15) is 11.9 Å². The number of pyridine rings is 1. The minimum Gasteiger partial charge on any atom is -0.342 e. The highest BCUT2D eigenvalue weighted by molar-refractivity contribution is 6.30. The maximum absolute atomic E-state index is 10.7. The summed E-state index contributed by atoms with van der Waals surface area (Å²) < 4.78 is 3.90. The zero-order chi connectivity index (χ0) is 8.27. The molecular formula is C6H3Cl2NO2. The van der Waals surface area contributed by atoms with Crippen molar-refractivity contribution in [1.82, 2.24) is 4.98 Å². The van der Waals surface area contributed by atoms with Gasteiger partial charge in [0.15, 0.2) is 5.69 Å². The average molecular weight is 192 g/mol. The number of carbonyl (C=O) groups excluding carboxylic acids is 1.